The highest BCUT2D eigenvalue weighted by atomic mass is 35.5. The highest BCUT2D eigenvalue weighted by Crippen LogP contribution is 2.21. The summed E-state index contributed by atoms with van der Waals surface area (Å²) in [6.07, 6.45) is 0.722. The molecule has 10 heteroatoms. The fraction of sp³-hybridized carbons (Fsp3) is 0.333. The topological polar surface area (TPSA) is 112 Å². The van der Waals surface area contributed by atoms with Crippen LogP contribution in [-0.4, -0.2) is 57.5 Å². The molecule has 1 aliphatic heterocycles. The molecule has 2 heterocycles. The number of fused-ring (bicyclic) bond motifs is 1. The van der Waals surface area contributed by atoms with Crippen LogP contribution in [0.5, 0.6) is 0 Å². The second kappa shape index (κ2) is 11.8. The fourth-order valence-electron chi connectivity index (χ4n) is 4.32. The van der Waals surface area contributed by atoms with Crippen molar-refractivity contribution in [2.24, 2.45) is 0 Å². The molecule has 3 aromatic rings. The number of H-pyrrole nitrogens is 1. The van der Waals surface area contributed by atoms with E-state index < -0.39 is 40.5 Å². The number of hydrogen-bond donors (Lipinski definition) is 2. The van der Waals surface area contributed by atoms with Crippen molar-refractivity contribution >= 4 is 40.4 Å². The molecule has 2 aromatic carbocycles. The first-order valence-electron chi connectivity index (χ1n) is 13.0. The van der Waals surface area contributed by atoms with Gasteiger partial charge < -0.3 is 14.6 Å². The van der Waals surface area contributed by atoms with Gasteiger partial charge in [0.05, 0.1) is 5.52 Å². The lowest BCUT2D eigenvalue weighted by atomic mass is 10.1. The Morgan fingerprint density at radius 1 is 1.10 bits per heavy atom. The van der Waals surface area contributed by atoms with E-state index in [0.29, 0.717) is 29.2 Å². The Balaban J connectivity index is 1.83. The molecule has 1 saturated heterocycles. The van der Waals surface area contributed by atoms with E-state index in [1.807, 2.05) is 18.2 Å². The van der Waals surface area contributed by atoms with Crippen LogP contribution in [0.3, 0.4) is 0 Å². The number of halogens is 1. The molecular formula is C30H31ClN4O5. The number of nitrogens with zero attached hydrogens (tertiary/aromatic N) is 2. The minimum atomic E-state index is -0.911. The molecule has 1 fully saturated rings. The van der Waals surface area contributed by atoms with Crippen molar-refractivity contribution in [3.63, 3.8) is 0 Å². The number of carbonyl (C=O) groups excluding carboxylic acids is 3. The van der Waals surface area contributed by atoms with Gasteiger partial charge in [-0.1, -0.05) is 41.6 Å². The van der Waals surface area contributed by atoms with E-state index in [4.69, 9.17) is 16.3 Å². The van der Waals surface area contributed by atoms with Gasteiger partial charge in [0, 0.05) is 29.1 Å². The third-order valence-corrected chi connectivity index (χ3v) is 6.43. The summed E-state index contributed by atoms with van der Waals surface area (Å²) in [6, 6.07) is 12.8. The second-order valence-electron chi connectivity index (χ2n) is 10.5. The van der Waals surface area contributed by atoms with E-state index in [1.54, 1.807) is 44.7 Å². The predicted octanol–water partition coefficient (Wildman–Crippen LogP) is 4.74. The van der Waals surface area contributed by atoms with Crippen LogP contribution in [0.15, 0.2) is 53.3 Å². The highest BCUT2D eigenvalue weighted by molar-refractivity contribution is 6.31. The van der Waals surface area contributed by atoms with Gasteiger partial charge in [-0.3, -0.25) is 14.4 Å². The number of likely N-dealkylation sites (tertiary alicyclic amines) is 1. The van der Waals surface area contributed by atoms with E-state index >= 15 is 0 Å². The first-order chi connectivity index (χ1) is 18.9. The quantitative estimate of drug-likeness (QED) is 0.354. The number of aromatic nitrogens is 1. The zero-order valence-corrected chi connectivity index (χ0v) is 23.6. The SMILES string of the molecule is CC(C#Cc1ccccc1)N(NC(=O)OC(C)(C)C)C(=O)c1c(C(=O)N2CCCC2)[nH]c2cc(Cl)ccc2c1=O. The molecule has 1 unspecified atom stereocenters. The zero-order chi connectivity index (χ0) is 29.0. The summed E-state index contributed by atoms with van der Waals surface area (Å²) in [5.74, 6) is 4.53. The predicted molar refractivity (Wildman–Crippen MR) is 153 cm³/mol. The molecule has 9 nitrogen and oxygen atoms in total. The summed E-state index contributed by atoms with van der Waals surface area (Å²) >= 11 is 6.15. The van der Waals surface area contributed by atoms with Crippen molar-refractivity contribution in [3.05, 3.63) is 80.6 Å². The fourth-order valence-corrected chi connectivity index (χ4v) is 4.50. The van der Waals surface area contributed by atoms with E-state index in [9.17, 15) is 19.2 Å². The van der Waals surface area contributed by atoms with Gasteiger partial charge in [0.25, 0.3) is 11.8 Å². The van der Waals surface area contributed by atoms with Crippen molar-refractivity contribution in [2.75, 3.05) is 13.1 Å². The van der Waals surface area contributed by atoms with Gasteiger partial charge in [0.2, 0.25) is 5.43 Å². The first kappa shape index (κ1) is 28.7. The Morgan fingerprint density at radius 2 is 1.77 bits per heavy atom. The largest absolute Gasteiger partial charge is 0.443 e. The smallest absolute Gasteiger partial charge is 0.426 e. The number of benzene rings is 2. The van der Waals surface area contributed by atoms with E-state index in [-0.39, 0.29) is 11.1 Å². The molecule has 2 N–H and O–H groups in total. The molecule has 1 atom stereocenters. The Bertz CT molecular complexity index is 1560. The minimum absolute atomic E-state index is 0.172. The number of nitrogens with one attached hydrogen (secondary N) is 2. The number of ether oxygens (including phenoxy) is 1. The van der Waals surface area contributed by atoms with Crippen LogP contribution in [-0.2, 0) is 4.74 Å². The third-order valence-electron chi connectivity index (χ3n) is 6.20. The van der Waals surface area contributed by atoms with Crippen LogP contribution in [0.25, 0.3) is 10.9 Å². The standard InChI is InChI=1S/C30H31ClN4O5/c1-19(12-13-20-10-6-5-7-11-20)35(33-29(39)40-30(2,3)4)27(37)24-25(28(38)34-16-8-9-17-34)32-23-18-21(31)14-15-22(23)26(24)36/h5-7,10-11,14-15,18-19H,8-9,16-17H2,1-4H3,(H,32,36)(H,33,39). The van der Waals surface area contributed by atoms with Gasteiger partial charge in [-0.15, -0.1) is 0 Å². The lowest BCUT2D eigenvalue weighted by molar-refractivity contribution is 0.0265. The molecule has 0 radical (unpaired) electrons. The molecule has 0 bridgehead atoms. The average molecular weight is 563 g/mol. The summed E-state index contributed by atoms with van der Waals surface area (Å²) in [5.41, 5.74) is 1.36. The van der Waals surface area contributed by atoms with Crippen molar-refractivity contribution in [1.29, 1.82) is 0 Å². The molecule has 0 aliphatic carbocycles. The molecule has 40 heavy (non-hydrogen) atoms. The lowest BCUT2D eigenvalue weighted by Gasteiger charge is -2.29. The van der Waals surface area contributed by atoms with Crippen LogP contribution >= 0.6 is 11.6 Å². The molecule has 1 aromatic heterocycles. The number of aromatic amines is 1. The summed E-state index contributed by atoms with van der Waals surface area (Å²) in [6.45, 7) is 7.65. The third kappa shape index (κ3) is 6.64. The minimum Gasteiger partial charge on any atom is -0.443 e. The number of carbonyl (C=O) groups is 3. The number of hydrogen-bond acceptors (Lipinski definition) is 5. The summed E-state index contributed by atoms with van der Waals surface area (Å²) in [7, 11) is 0. The van der Waals surface area contributed by atoms with E-state index in [1.165, 1.54) is 18.2 Å². The molecule has 0 spiro atoms. The lowest BCUT2D eigenvalue weighted by Crippen LogP contribution is -2.53. The maximum absolute atomic E-state index is 14.1. The van der Waals surface area contributed by atoms with Crippen LogP contribution in [0.2, 0.25) is 5.02 Å². The van der Waals surface area contributed by atoms with E-state index in [2.05, 4.69) is 22.3 Å². The maximum atomic E-state index is 14.1. The van der Waals surface area contributed by atoms with Gasteiger partial charge in [0.15, 0.2) is 0 Å². The monoisotopic (exact) mass is 562 g/mol. The van der Waals surface area contributed by atoms with Crippen molar-refractivity contribution in [1.82, 2.24) is 20.3 Å². The second-order valence-corrected chi connectivity index (χ2v) is 10.9. The van der Waals surface area contributed by atoms with Gasteiger partial charge in [-0.25, -0.2) is 15.2 Å². The molecule has 4 rings (SSSR count). The van der Waals surface area contributed by atoms with Crippen molar-refractivity contribution < 1.29 is 19.1 Å². The van der Waals surface area contributed by atoms with Crippen LogP contribution < -0.4 is 10.9 Å². The zero-order valence-electron chi connectivity index (χ0n) is 22.8. The Kier molecular flexibility index (Phi) is 8.50. The van der Waals surface area contributed by atoms with E-state index in [0.717, 1.165) is 17.9 Å². The van der Waals surface area contributed by atoms with Crippen molar-refractivity contribution in [3.8, 4) is 11.8 Å². The van der Waals surface area contributed by atoms with Crippen LogP contribution in [0, 0.1) is 11.8 Å². The normalized spacial score (nSPS) is 13.8. The summed E-state index contributed by atoms with van der Waals surface area (Å²) in [5, 5.41) is 1.46. The average Bonchev–Trinajstić information content (AvgIpc) is 3.44. The van der Waals surface area contributed by atoms with Gasteiger partial charge in [0.1, 0.15) is 22.9 Å². The Labute approximate surface area is 237 Å². The highest BCUT2D eigenvalue weighted by Gasteiger charge is 2.33. The van der Waals surface area contributed by atoms with Crippen LogP contribution in [0.4, 0.5) is 4.79 Å². The number of amides is 3. The molecule has 208 valence electrons. The molecule has 3 amide bonds. The summed E-state index contributed by atoms with van der Waals surface area (Å²) < 4.78 is 5.37. The Morgan fingerprint density at radius 3 is 2.42 bits per heavy atom. The first-order valence-corrected chi connectivity index (χ1v) is 13.4. The van der Waals surface area contributed by atoms with Gasteiger partial charge in [-0.2, -0.15) is 0 Å². The molecule has 1 aliphatic rings. The van der Waals surface area contributed by atoms with Gasteiger partial charge in [-0.05, 0) is 70.9 Å². The van der Waals surface area contributed by atoms with Crippen LogP contribution in [0.1, 0.15) is 66.9 Å². The molecule has 0 saturated carbocycles. The number of hydrazine groups is 1. The number of rotatable bonds is 3. The van der Waals surface area contributed by atoms with Gasteiger partial charge >= 0.3 is 6.09 Å². The number of pyridine rings is 1. The summed E-state index contributed by atoms with van der Waals surface area (Å²) in [4.78, 5) is 58.9. The van der Waals surface area contributed by atoms with Crippen molar-refractivity contribution in [2.45, 2.75) is 52.2 Å². The molecular weight excluding hydrogens is 532 g/mol. The Hall–Kier alpha value is -4.29. The maximum Gasteiger partial charge on any atom is 0.426 e.